The molecule has 1 aliphatic heterocycles. The highest BCUT2D eigenvalue weighted by atomic mass is 127. The first-order chi connectivity index (χ1) is 9.22. The van der Waals surface area contributed by atoms with Gasteiger partial charge >= 0.3 is 0 Å². The van der Waals surface area contributed by atoms with E-state index in [-0.39, 0.29) is 0 Å². The zero-order chi connectivity index (χ0) is 13.2. The van der Waals surface area contributed by atoms with Gasteiger partial charge < -0.3 is 9.47 Å². The van der Waals surface area contributed by atoms with E-state index in [2.05, 4.69) is 60.8 Å². The van der Waals surface area contributed by atoms with Crippen molar-refractivity contribution in [3.05, 3.63) is 51.1 Å². The predicted molar refractivity (Wildman–Crippen MR) is 87.6 cm³/mol. The molecule has 0 spiro atoms. The Bertz CT molecular complexity index is 613. The topological polar surface area (TPSA) is 18.5 Å². The van der Waals surface area contributed by atoms with E-state index in [0.717, 1.165) is 17.9 Å². The van der Waals surface area contributed by atoms with Crippen LogP contribution < -0.4 is 14.9 Å². The van der Waals surface area contributed by atoms with Crippen LogP contribution in [0.25, 0.3) is 0 Å². The molecule has 0 N–H and O–H groups in total. The Kier molecular flexibility index (Phi) is 3.68. The zero-order valence-corrected chi connectivity index (χ0v) is 12.9. The molecule has 2 nitrogen and oxygen atoms in total. The number of rotatable bonds is 2. The first-order valence-corrected chi connectivity index (χ1v) is 7.44. The second-order valence-electron chi connectivity index (χ2n) is 4.73. The van der Waals surface area contributed by atoms with Gasteiger partial charge in [-0.05, 0) is 64.4 Å². The van der Waals surface area contributed by atoms with E-state index in [1.165, 1.54) is 20.2 Å². The van der Waals surface area contributed by atoms with Crippen molar-refractivity contribution in [2.75, 3.05) is 13.2 Å². The summed E-state index contributed by atoms with van der Waals surface area (Å²) in [5.41, 5.74) is 3.95. The minimum atomic E-state index is 0.638. The molecule has 0 unspecified atom stereocenters. The molecule has 19 heavy (non-hydrogen) atoms. The van der Waals surface area contributed by atoms with Crippen LogP contribution in [0.15, 0.2) is 36.4 Å². The van der Waals surface area contributed by atoms with Gasteiger partial charge in [0, 0.05) is 3.57 Å². The fourth-order valence-corrected chi connectivity index (χ4v) is 2.80. The number of hydrogen-bond donors (Lipinski definition) is 0. The Morgan fingerprint density at radius 3 is 2.63 bits per heavy atom. The molecule has 0 saturated heterocycles. The predicted octanol–water partition coefficient (Wildman–Crippen LogP) is 1.91. The maximum atomic E-state index is 5.63. The number of benzene rings is 2. The second-order valence-corrected chi connectivity index (χ2v) is 5.97. The molecule has 0 radical (unpaired) electrons. The summed E-state index contributed by atoms with van der Waals surface area (Å²) in [6.45, 7) is 1.28. The van der Waals surface area contributed by atoms with Crippen LogP contribution in [-0.2, 0) is 6.42 Å². The lowest BCUT2D eigenvalue weighted by Gasteiger charge is -2.19. The molecule has 0 atom stereocenters. The standard InChI is InChI=1S/C15H14BIO2/c16-13-3-2-12(17)9-11(13)7-10-1-4-14-15(8-10)19-6-5-18-14/h1-4,8-9H,5-7,16H2. The fourth-order valence-electron chi connectivity index (χ4n) is 2.25. The molecule has 1 aliphatic rings. The lowest BCUT2D eigenvalue weighted by atomic mass is 9.88. The summed E-state index contributed by atoms with van der Waals surface area (Å²) >= 11 is 2.35. The summed E-state index contributed by atoms with van der Waals surface area (Å²) in [4.78, 5) is 0. The molecule has 0 amide bonds. The first-order valence-electron chi connectivity index (χ1n) is 6.36. The Morgan fingerprint density at radius 2 is 1.79 bits per heavy atom. The number of halogens is 1. The lowest BCUT2D eigenvalue weighted by Crippen LogP contribution is -2.15. The summed E-state index contributed by atoms with van der Waals surface area (Å²) in [6.07, 6.45) is 0.930. The van der Waals surface area contributed by atoms with E-state index in [1.54, 1.807) is 0 Å². The van der Waals surface area contributed by atoms with Gasteiger partial charge in [-0.1, -0.05) is 17.6 Å². The summed E-state index contributed by atoms with van der Waals surface area (Å²) in [5.74, 6) is 1.72. The first kappa shape index (κ1) is 12.8. The van der Waals surface area contributed by atoms with Crippen LogP contribution in [0.4, 0.5) is 0 Å². The third kappa shape index (κ3) is 2.89. The van der Waals surface area contributed by atoms with Crippen molar-refractivity contribution >= 4 is 35.9 Å². The van der Waals surface area contributed by atoms with Crippen molar-refractivity contribution in [2.24, 2.45) is 0 Å². The largest absolute Gasteiger partial charge is 0.486 e. The minimum Gasteiger partial charge on any atom is -0.486 e. The van der Waals surface area contributed by atoms with E-state index in [9.17, 15) is 0 Å². The molecule has 0 saturated carbocycles. The third-order valence-corrected chi connectivity index (χ3v) is 3.98. The molecule has 0 bridgehead atoms. The van der Waals surface area contributed by atoms with Gasteiger partial charge in [-0.15, -0.1) is 0 Å². The van der Waals surface area contributed by atoms with Crippen molar-refractivity contribution in [3.8, 4) is 11.5 Å². The SMILES string of the molecule is Bc1ccc(I)cc1Cc1ccc2c(c1)OCCO2. The van der Waals surface area contributed by atoms with Crippen molar-refractivity contribution < 1.29 is 9.47 Å². The molecule has 0 aromatic heterocycles. The van der Waals surface area contributed by atoms with Crippen molar-refractivity contribution in [1.82, 2.24) is 0 Å². The molecule has 0 aliphatic carbocycles. The molecule has 2 aromatic rings. The Balaban J connectivity index is 1.89. The van der Waals surface area contributed by atoms with Gasteiger partial charge in [0.05, 0.1) is 0 Å². The highest BCUT2D eigenvalue weighted by Gasteiger charge is 2.12. The summed E-state index contributed by atoms with van der Waals surface area (Å²) in [5, 5.41) is 0. The van der Waals surface area contributed by atoms with Gasteiger partial charge in [-0.3, -0.25) is 0 Å². The number of ether oxygens (including phenoxy) is 2. The molecule has 2 aromatic carbocycles. The van der Waals surface area contributed by atoms with E-state index in [1.807, 2.05) is 6.07 Å². The second kappa shape index (κ2) is 5.45. The zero-order valence-electron chi connectivity index (χ0n) is 10.8. The summed E-state index contributed by atoms with van der Waals surface area (Å²) < 4.78 is 12.4. The highest BCUT2D eigenvalue weighted by Crippen LogP contribution is 2.31. The monoisotopic (exact) mass is 364 g/mol. The maximum absolute atomic E-state index is 5.63. The number of hydrogen-bond acceptors (Lipinski definition) is 2. The van der Waals surface area contributed by atoms with Crippen LogP contribution >= 0.6 is 22.6 Å². The Morgan fingerprint density at radius 1 is 1.00 bits per heavy atom. The average Bonchev–Trinajstić information content (AvgIpc) is 2.43. The van der Waals surface area contributed by atoms with Crippen molar-refractivity contribution in [1.29, 1.82) is 0 Å². The Hall–Kier alpha value is -1.17. The highest BCUT2D eigenvalue weighted by molar-refractivity contribution is 14.1. The van der Waals surface area contributed by atoms with Crippen LogP contribution in [0, 0.1) is 3.57 Å². The molecular formula is C15H14BIO2. The van der Waals surface area contributed by atoms with Gasteiger partial charge in [-0.2, -0.15) is 0 Å². The molecule has 3 rings (SSSR count). The normalized spacial score (nSPS) is 13.3. The molecule has 96 valence electrons. The van der Waals surface area contributed by atoms with Crippen molar-refractivity contribution in [3.63, 3.8) is 0 Å². The summed E-state index contributed by atoms with van der Waals surface area (Å²) in [7, 11) is 2.16. The lowest BCUT2D eigenvalue weighted by molar-refractivity contribution is 0.171. The average molecular weight is 364 g/mol. The van der Waals surface area contributed by atoms with Crippen LogP contribution in [0.5, 0.6) is 11.5 Å². The van der Waals surface area contributed by atoms with E-state index in [4.69, 9.17) is 9.47 Å². The molecule has 0 fully saturated rings. The van der Waals surface area contributed by atoms with Gasteiger partial charge in [0.2, 0.25) is 0 Å². The smallest absolute Gasteiger partial charge is 0.161 e. The Labute approximate surface area is 127 Å². The molecule has 4 heteroatoms. The van der Waals surface area contributed by atoms with Crippen LogP contribution in [-0.4, -0.2) is 21.1 Å². The third-order valence-electron chi connectivity index (χ3n) is 3.31. The van der Waals surface area contributed by atoms with Crippen LogP contribution in [0.3, 0.4) is 0 Å². The van der Waals surface area contributed by atoms with E-state index < -0.39 is 0 Å². The summed E-state index contributed by atoms with van der Waals surface area (Å²) in [6, 6.07) is 12.8. The number of fused-ring (bicyclic) bond motifs is 1. The fraction of sp³-hybridized carbons (Fsp3) is 0.200. The quantitative estimate of drug-likeness (QED) is 0.599. The van der Waals surface area contributed by atoms with Crippen molar-refractivity contribution in [2.45, 2.75) is 6.42 Å². The van der Waals surface area contributed by atoms with Gasteiger partial charge in [0.25, 0.3) is 0 Å². The maximum Gasteiger partial charge on any atom is 0.161 e. The minimum absolute atomic E-state index is 0.638. The molecule has 1 heterocycles. The van der Waals surface area contributed by atoms with Crippen LogP contribution in [0.2, 0.25) is 0 Å². The van der Waals surface area contributed by atoms with Gasteiger partial charge in [0.15, 0.2) is 11.5 Å². The van der Waals surface area contributed by atoms with E-state index in [0.29, 0.717) is 13.2 Å². The van der Waals surface area contributed by atoms with Gasteiger partial charge in [-0.25, -0.2) is 0 Å². The van der Waals surface area contributed by atoms with E-state index >= 15 is 0 Å². The van der Waals surface area contributed by atoms with Crippen LogP contribution in [0.1, 0.15) is 11.1 Å². The van der Waals surface area contributed by atoms with Gasteiger partial charge in [0.1, 0.15) is 21.1 Å². The molecular weight excluding hydrogens is 350 g/mol.